The molecule has 0 bridgehead atoms. The standard InChI is InChI=1S/C17H17N3O3/c1-13-6-2-3-7-14(13)12-16(21)23-11-10-20-17(22)19-9-5-4-8-15(19)18-20/h2-9H,10-12H2,1H3. The number of aryl methyl sites for hydroxylation is 1. The summed E-state index contributed by atoms with van der Waals surface area (Å²) in [6.45, 7) is 2.31. The van der Waals surface area contributed by atoms with E-state index in [1.807, 2.05) is 37.3 Å². The fourth-order valence-electron chi connectivity index (χ4n) is 2.37. The molecule has 2 aromatic heterocycles. The van der Waals surface area contributed by atoms with Crippen LogP contribution in [0.5, 0.6) is 0 Å². The monoisotopic (exact) mass is 311 g/mol. The van der Waals surface area contributed by atoms with Crippen molar-refractivity contribution in [1.82, 2.24) is 14.2 Å². The lowest BCUT2D eigenvalue weighted by Gasteiger charge is -2.06. The van der Waals surface area contributed by atoms with Gasteiger partial charge in [0.1, 0.15) is 6.61 Å². The Morgan fingerprint density at radius 2 is 1.96 bits per heavy atom. The number of aromatic nitrogens is 3. The number of hydrogen-bond donors (Lipinski definition) is 0. The van der Waals surface area contributed by atoms with E-state index in [0.717, 1.165) is 11.1 Å². The van der Waals surface area contributed by atoms with E-state index < -0.39 is 0 Å². The minimum absolute atomic E-state index is 0.120. The number of rotatable bonds is 5. The van der Waals surface area contributed by atoms with E-state index in [9.17, 15) is 9.59 Å². The molecule has 0 spiro atoms. The summed E-state index contributed by atoms with van der Waals surface area (Å²) < 4.78 is 7.96. The fraction of sp³-hybridized carbons (Fsp3) is 0.235. The summed E-state index contributed by atoms with van der Waals surface area (Å²) in [5.41, 5.74) is 2.34. The molecule has 6 heteroatoms. The highest BCUT2D eigenvalue weighted by Crippen LogP contribution is 2.08. The molecule has 23 heavy (non-hydrogen) atoms. The second kappa shape index (κ2) is 6.48. The van der Waals surface area contributed by atoms with Crippen LogP contribution in [0.25, 0.3) is 5.65 Å². The smallest absolute Gasteiger partial charge is 0.350 e. The topological polar surface area (TPSA) is 65.6 Å². The van der Waals surface area contributed by atoms with Crippen molar-refractivity contribution in [3.05, 3.63) is 70.3 Å². The van der Waals surface area contributed by atoms with E-state index in [4.69, 9.17) is 4.74 Å². The van der Waals surface area contributed by atoms with Crippen molar-refractivity contribution >= 4 is 11.6 Å². The van der Waals surface area contributed by atoms with Crippen LogP contribution in [0.1, 0.15) is 11.1 Å². The predicted molar refractivity (Wildman–Crippen MR) is 85.3 cm³/mol. The predicted octanol–water partition coefficient (Wildman–Crippen LogP) is 1.59. The quantitative estimate of drug-likeness (QED) is 0.671. The van der Waals surface area contributed by atoms with Gasteiger partial charge in [-0.2, -0.15) is 0 Å². The summed E-state index contributed by atoms with van der Waals surface area (Å²) >= 11 is 0. The zero-order valence-corrected chi connectivity index (χ0v) is 12.8. The van der Waals surface area contributed by atoms with Gasteiger partial charge in [-0.25, -0.2) is 9.48 Å². The third kappa shape index (κ3) is 3.31. The van der Waals surface area contributed by atoms with Crippen molar-refractivity contribution in [2.45, 2.75) is 19.9 Å². The van der Waals surface area contributed by atoms with Crippen LogP contribution in [0.15, 0.2) is 53.5 Å². The highest BCUT2D eigenvalue weighted by Gasteiger charge is 2.09. The van der Waals surface area contributed by atoms with Gasteiger partial charge in [-0.05, 0) is 30.2 Å². The lowest BCUT2D eigenvalue weighted by molar-refractivity contribution is -0.143. The largest absolute Gasteiger partial charge is 0.463 e. The SMILES string of the molecule is Cc1ccccc1CC(=O)OCCn1nc2ccccn2c1=O. The molecule has 0 aliphatic carbocycles. The van der Waals surface area contributed by atoms with Crippen molar-refractivity contribution in [2.24, 2.45) is 0 Å². The Morgan fingerprint density at radius 3 is 2.74 bits per heavy atom. The van der Waals surface area contributed by atoms with Crippen LogP contribution in [0.4, 0.5) is 0 Å². The Hall–Kier alpha value is -2.89. The van der Waals surface area contributed by atoms with Gasteiger partial charge in [0.25, 0.3) is 0 Å². The Bertz CT molecular complexity index is 895. The number of carbonyl (C=O) groups is 1. The van der Waals surface area contributed by atoms with Crippen LogP contribution < -0.4 is 5.69 Å². The summed E-state index contributed by atoms with van der Waals surface area (Å²) in [5.74, 6) is -0.309. The number of pyridine rings is 1. The number of hydrogen-bond acceptors (Lipinski definition) is 4. The third-order valence-corrected chi connectivity index (χ3v) is 3.65. The molecule has 0 saturated heterocycles. The maximum atomic E-state index is 12.1. The molecule has 6 nitrogen and oxygen atoms in total. The second-order valence-electron chi connectivity index (χ2n) is 5.26. The molecule has 0 radical (unpaired) electrons. The third-order valence-electron chi connectivity index (χ3n) is 3.65. The van der Waals surface area contributed by atoms with Crippen LogP contribution >= 0.6 is 0 Å². The normalized spacial score (nSPS) is 10.8. The Balaban J connectivity index is 1.58. The highest BCUT2D eigenvalue weighted by atomic mass is 16.5. The first kappa shape index (κ1) is 15.0. The van der Waals surface area contributed by atoms with Crippen molar-refractivity contribution in [3.63, 3.8) is 0 Å². The number of benzene rings is 1. The molecule has 0 aliphatic rings. The minimum Gasteiger partial charge on any atom is -0.463 e. The van der Waals surface area contributed by atoms with Gasteiger partial charge < -0.3 is 4.74 Å². The maximum absolute atomic E-state index is 12.1. The van der Waals surface area contributed by atoms with Crippen molar-refractivity contribution in [1.29, 1.82) is 0 Å². The van der Waals surface area contributed by atoms with Crippen LogP contribution in [0.3, 0.4) is 0 Å². The van der Waals surface area contributed by atoms with Crippen LogP contribution in [-0.4, -0.2) is 26.8 Å². The number of fused-ring (bicyclic) bond motifs is 1. The van der Waals surface area contributed by atoms with Crippen LogP contribution in [0, 0.1) is 6.92 Å². The first-order valence-corrected chi connectivity index (χ1v) is 7.39. The summed E-state index contributed by atoms with van der Waals surface area (Å²) in [6.07, 6.45) is 1.89. The van der Waals surface area contributed by atoms with E-state index in [1.54, 1.807) is 18.3 Å². The zero-order valence-electron chi connectivity index (χ0n) is 12.8. The Morgan fingerprint density at radius 1 is 1.17 bits per heavy atom. The molecular weight excluding hydrogens is 294 g/mol. The van der Waals surface area contributed by atoms with E-state index in [2.05, 4.69) is 5.10 Å². The molecule has 0 N–H and O–H groups in total. The van der Waals surface area contributed by atoms with E-state index in [1.165, 1.54) is 9.08 Å². The number of ether oxygens (including phenoxy) is 1. The summed E-state index contributed by atoms with van der Waals surface area (Å²) in [4.78, 5) is 23.9. The molecule has 3 aromatic rings. The lowest BCUT2D eigenvalue weighted by atomic mass is 10.1. The lowest BCUT2D eigenvalue weighted by Crippen LogP contribution is -2.24. The van der Waals surface area contributed by atoms with Gasteiger partial charge >= 0.3 is 11.7 Å². The van der Waals surface area contributed by atoms with Gasteiger partial charge in [0.15, 0.2) is 5.65 Å². The van der Waals surface area contributed by atoms with Crippen molar-refractivity contribution in [3.8, 4) is 0 Å². The van der Waals surface area contributed by atoms with Crippen LogP contribution in [-0.2, 0) is 22.5 Å². The van der Waals surface area contributed by atoms with Crippen molar-refractivity contribution < 1.29 is 9.53 Å². The van der Waals surface area contributed by atoms with Crippen LogP contribution in [0.2, 0.25) is 0 Å². The van der Waals surface area contributed by atoms with Gasteiger partial charge in [-0.3, -0.25) is 9.20 Å². The average Bonchev–Trinajstić information content (AvgIpc) is 2.86. The molecule has 0 aliphatic heterocycles. The molecule has 0 unspecified atom stereocenters. The summed E-state index contributed by atoms with van der Waals surface area (Å²) in [5, 5.41) is 4.18. The van der Waals surface area contributed by atoms with E-state index in [-0.39, 0.29) is 31.2 Å². The maximum Gasteiger partial charge on any atom is 0.350 e. The Labute approximate surface area is 132 Å². The average molecular weight is 311 g/mol. The van der Waals surface area contributed by atoms with Gasteiger partial charge in [0.05, 0.1) is 13.0 Å². The highest BCUT2D eigenvalue weighted by molar-refractivity contribution is 5.73. The number of esters is 1. The summed E-state index contributed by atoms with van der Waals surface area (Å²) in [6, 6.07) is 13.0. The summed E-state index contributed by atoms with van der Waals surface area (Å²) in [7, 11) is 0. The molecule has 0 saturated carbocycles. The van der Waals surface area contributed by atoms with Gasteiger partial charge in [0.2, 0.25) is 0 Å². The minimum atomic E-state index is -0.309. The first-order chi connectivity index (χ1) is 11.1. The number of carbonyl (C=O) groups excluding carboxylic acids is 1. The van der Waals surface area contributed by atoms with Gasteiger partial charge in [-0.15, -0.1) is 5.10 Å². The zero-order chi connectivity index (χ0) is 16.2. The molecule has 0 fully saturated rings. The van der Waals surface area contributed by atoms with Gasteiger partial charge in [0, 0.05) is 6.20 Å². The molecule has 1 aromatic carbocycles. The molecule has 2 heterocycles. The first-order valence-electron chi connectivity index (χ1n) is 7.39. The van der Waals surface area contributed by atoms with Gasteiger partial charge in [-0.1, -0.05) is 30.3 Å². The molecule has 0 atom stereocenters. The number of nitrogens with zero attached hydrogens (tertiary/aromatic N) is 3. The van der Waals surface area contributed by atoms with E-state index in [0.29, 0.717) is 5.65 Å². The van der Waals surface area contributed by atoms with E-state index >= 15 is 0 Å². The van der Waals surface area contributed by atoms with Crippen molar-refractivity contribution in [2.75, 3.05) is 6.61 Å². The second-order valence-corrected chi connectivity index (χ2v) is 5.26. The Kier molecular flexibility index (Phi) is 4.23. The molecule has 0 amide bonds. The fourth-order valence-corrected chi connectivity index (χ4v) is 2.37. The molecule has 3 rings (SSSR count). The molecule has 118 valence electrons. The molecular formula is C17H17N3O3.